The summed E-state index contributed by atoms with van der Waals surface area (Å²) in [5, 5.41) is 8.99. The molecule has 21 heavy (non-hydrogen) atoms. The summed E-state index contributed by atoms with van der Waals surface area (Å²) in [7, 11) is 3.16. The van der Waals surface area contributed by atoms with Gasteiger partial charge in [-0.3, -0.25) is 4.79 Å². The lowest BCUT2D eigenvalue weighted by atomic mass is 10.1. The van der Waals surface area contributed by atoms with Gasteiger partial charge in [0.1, 0.15) is 0 Å². The summed E-state index contributed by atoms with van der Waals surface area (Å²) in [5.74, 6) is -1.51. The fourth-order valence-electron chi connectivity index (χ4n) is 1.96. The zero-order chi connectivity index (χ0) is 16.4. The molecule has 0 fully saturated rings. The van der Waals surface area contributed by atoms with E-state index in [4.69, 9.17) is 14.6 Å². The number of hydrogen-bond acceptors (Lipinski definition) is 4. The van der Waals surface area contributed by atoms with Crippen LogP contribution in [0, 0.1) is 5.92 Å². The summed E-state index contributed by atoms with van der Waals surface area (Å²) in [6, 6.07) is -0.293. The van der Waals surface area contributed by atoms with Gasteiger partial charge in [-0.2, -0.15) is 0 Å². The van der Waals surface area contributed by atoms with Gasteiger partial charge in [-0.05, 0) is 13.8 Å². The molecule has 0 aromatic rings. The molecule has 7 heteroatoms. The lowest BCUT2D eigenvalue weighted by Gasteiger charge is -2.34. The lowest BCUT2D eigenvalue weighted by Crippen LogP contribution is -2.51. The number of aliphatic carboxylic acids is 1. The Morgan fingerprint density at radius 2 is 1.81 bits per heavy atom. The molecule has 0 saturated heterocycles. The molecule has 2 unspecified atom stereocenters. The molecule has 0 heterocycles. The smallest absolute Gasteiger partial charge is 0.320 e. The normalized spacial score (nSPS) is 13.6. The molecule has 0 radical (unpaired) electrons. The second-order valence-electron chi connectivity index (χ2n) is 5.05. The van der Waals surface area contributed by atoms with Gasteiger partial charge in [-0.1, -0.05) is 6.92 Å². The number of ether oxygens (including phenoxy) is 2. The number of hydrogen-bond donors (Lipinski definition) is 1. The first-order chi connectivity index (χ1) is 9.88. The molecule has 0 saturated carbocycles. The van der Waals surface area contributed by atoms with Gasteiger partial charge >= 0.3 is 12.0 Å². The summed E-state index contributed by atoms with van der Waals surface area (Å²) in [4.78, 5) is 26.8. The first kappa shape index (κ1) is 19.7. The third-order valence-corrected chi connectivity index (χ3v) is 3.29. The third-order valence-electron chi connectivity index (χ3n) is 3.29. The Morgan fingerprint density at radius 3 is 2.24 bits per heavy atom. The maximum atomic E-state index is 12.6. The average Bonchev–Trinajstić information content (AvgIpc) is 2.44. The first-order valence-electron chi connectivity index (χ1n) is 7.15. The fourth-order valence-corrected chi connectivity index (χ4v) is 1.96. The number of rotatable bonds is 10. The van der Waals surface area contributed by atoms with Crippen LogP contribution in [-0.4, -0.2) is 80.0 Å². The largest absolute Gasteiger partial charge is 0.481 e. The molecule has 2 amide bonds. The van der Waals surface area contributed by atoms with Crippen molar-refractivity contribution in [1.29, 1.82) is 0 Å². The van der Waals surface area contributed by atoms with Gasteiger partial charge in [0.25, 0.3) is 0 Å². The van der Waals surface area contributed by atoms with E-state index < -0.39 is 11.9 Å². The second kappa shape index (κ2) is 10.4. The van der Waals surface area contributed by atoms with Gasteiger partial charge in [-0.15, -0.1) is 0 Å². The molecule has 0 rings (SSSR count). The van der Waals surface area contributed by atoms with E-state index in [9.17, 15) is 9.59 Å². The van der Waals surface area contributed by atoms with Gasteiger partial charge < -0.3 is 24.4 Å². The molecule has 0 spiro atoms. The minimum absolute atomic E-state index is 0.105. The van der Waals surface area contributed by atoms with Crippen molar-refractivity contribution >= 4 is 12.0 Å². The standard InChI is InChI=1S/C14H28N2O5/c1-6-15(9-11(2)13(17)18)14(19)16(7-8-20-4)12(3)10-21-5/h11-12H,6-10H2,1-5H3,(H,17,18). The molecule has 0 aliphatic carbocycles. The zero-order valence-electron chi connectivity index (χ0n) is 13.7. The summed E-state index contributed by atoms with van der Waals surface area (Å²) in [5.41, 5.74) is 0. The number of carbonyl (C=O) groups is 2. The fraction of sp³-hybridized carbons (Fsp3) is 0.857. The van der Waals surface area contributed by atoms with Crippen molar-refractivity contribution in [1.82, 2.24) is 9.80 Å². The van der Waals surface area contributed by atoms with Crippen LogP contribution in [0.25, 0.3) is 0 Å². The minimum Gasteiger partial charge on any atom is -0.481 e. The highest BCUT2D eigenvalue weighted by atomic mass is 16.5. The van der Waals surface area contributed by atoms with Crippen LogP contribution in [0.4, 0.5) is 4.79 Å². The van der Waals surface area contributed by atoms with Crippen LogP contribution in [-0.2, 0) is 14.3 Å². The topological polar surface area (TPSA) is 79.3 Å². The molecule has 0 aromatic heterocycles. The highest BCUT2D eigenvalue weighted by Gasteiger charge is 2.26. The van der Waals surface area contributed by atoms with Gasteiger partial charge in [0, 0.05) is 33.9 Å². The van der Waals surface area contributed by atoms with Crippen molar-refractivity contribution in [2.24, 2.45) is 5.92 Å². The van der Waals surface area contributed by atoms with Gasteiger partial charge in [0.15, 0.2) is 0 Å². The molecule has 0 bridgehead atoms. The Morgan fingerprint density at radius 1 is 1.19 bits per heavy atom. The molecule has 1 N–H and O–H groups in total. The maximum absolute atomic E-state index is 12.6. The van der Waals surface area contributed by atoms with Crippen molar-refractivity contribution in [3.63, 3.8) is 0 Å². The monoisotopic (exact) mass is 304 g/mol. The van der Waals surface area contributed by atoms with E-state index in [2.05, 4.69) is 0 Å². The van der Waals surface area contributed by atoms with E-state index in [1.807, 2.05) is 13.8 Å². The molecule has 0 aliphatic rings. The van der Waals surface area contributed by atoms with Crippen LogP contribution in [0.5, 0.6) is 0 Å². The Bertz CT molecular complexity index is 324. The quantitative estimate of drug-likeness (QED) is 0.654. The second-order valence-corrected chi connectivity index (χ2v) is 5.05. The third kappa shape index (κ3) is 6.77. The molecule has 0 aromatic carbocycles. The summed E-state index contributed by atoms with van der Waals surface area (Å²) in [6.07, 6.45) is 0. The number of methoxy groups -OCH3 is 2. The maximum Gasteiger partial charge on any atom is 0.320 e. The van der Waals surface area contributed by atoms with Crippen molar-refractivity contribution in [2.45, 2.75) is 26.8 Å². The minimum atomic E-state index is -0.908. The Labute approximate surface area is 126 Å². The van der Waals surface area contributed by atoms with Crippen molar-refractivity contribution in [2.75, 3.05) is 47.1 Å². The lowest BCUT2D eigenvalue weighted by molar-refractivity contribution is -0.141. The van der Waals surface area contributed by atoms with E-state index in [1.165, 1.54) is 0 Å². The van der Waals surface area contributed by atoms with Crippen LogP contribution >= 0.6 is 0 Å². The predicted molar refractivity (Wildman–Crippen MR) is 79.4 cm³/mol. The summed E-state index contributed by atoms with van der Waals surface area (Å²) in [6.45, 7) is 7.25. The predicted octanol–water partition coefficient (Wildman–Crippen LogP) is 1.13. The summed E-state index contributed by atoms with van der Waals surface area (Å²) >= 11 is 0. The number of urea groups is 1. The average molecular weight is 304 g/mol. The number of nitrogens with zero attached hydrogens (tertiary/aromatic N) is 2. The van der Waals surface area contributed by atoms with Crippen molar-refractivity contribution in [3.05, 3.63) is 0 Å². The van der Waals surface area contributed by atoms with E-state index in [1.54, 1.807) is 30.9 Å². The Balaban J connectivity index is 4.90. The van der Waals surface area contributed by atoms with E-state index in [-0.39, 0.29) is 18.6 Å². The van der Waals surface area contributed by atoms with Crippen LogP contribution in [0.2, 0.25) is 0 Å². The van der Waals surface area contributed by atoms with Crippen molar-refractivity contribution in [3.8, 4) is 0 Å². The molecule has 7 nitrogen and oxygen atoms in total. The van der Waals surface area contributed by atoms with Crippen LogP contribution < -0.4 is 0 Å². The van der Waals surface area contributed by atoms with Gasteiger partial charge in [-0.25, -0.2) is 4.79 Å². The zero-order valence-corrected chi connectivity index (χ0v) is 13.7. The molecule has 124 valence electrons. The molecular formula is C14H28N2O5. The van der Waals surface area contributed by atoms with Crippen LogP contribution in [0.1, 0.15) is 20.8 Å². The highest BCUT2D eigenvalue weighted by molar-refractivity contribution is 5.76. The van der Waals surface area contributed by atoms with Gasteiger partial charge in [0.2, 0.25) is 0 Å². The Hall–Kier alpha value is -1.34. The van der Waals surface area contributed by atoms with Crippen molar-refractivity contribution < 1.29 is 24.2 Å². The highest BCUT2D eigenvalue weighted by Crippen LogP contribution is 2.09. The number of amides is 2. The number of carboxylic acids is 1. The molecular weight excluding hydrogens is 276 g/mol. The van der Waals surface area contributed by atoms with Gasteiger partial charge in [0.05, 0.1) is 25.2 Å². The summed E-state index contributed by atoms with van der Waals surface area (Å²) < 4.78 is 10.1. The molecule has 0 aliphatic heterocycles. The van der Waals surface area contributed by atoms with Crippen LogP contribution in [0.15, 0.2) is 0 Å². The Kier molecular flexibility index (Phi) is 9.73. The SMILES string of the molecule is CCN(CC(C)C(=O)O)C(=O)N(CCOC)C(C)COC. The van der Waals surface area contributed by atoms with Crippen LogP contribution in [0.3, 0.4) is 0 Å². The number of carbonyl (C=O) groups excluding carboxylic acids is 1. The molecule has 2 atom stereocenters. The first-order valence-corrected chi connectivity index (χ1v) is 7.15. The van der Waals surface area contributed by atoms with E-state index in [0.717, 1.165) is 0 Å². The van der Waals surface area contributed by atoms with E-state index in [0.29, 0.717) is 26.3 Å². The van der Waals surface area contributed by atoms with E-state index >= 15 is 0 Å². The number of carboxylic acid groups (broad SMARTS) is 1.